The Labute approximate surface area is 172 Å². The van der Waals surface area contributed by atoms with Gasteiger partial charge in [-0.3, -0.25) is 9.59 Å². The molecule has 0 atom stereocenters. The fourth-order valence-electron chi connectivity index (χ4n) is 2.81. The lowest BCUT2D eigenvalue weighted by Crippen LogP contribution is -2.23. The third kappa shape index (κ3) is 4.78. The van der Waals surface area contributed by atoms with Crippen LogP contribution in [0.3, 0.4) is 0 Å². The summed E-state index contributed by atoms with van der Waals surface area (Å²) in [6.45, 7) is 0.376. The Hall–Kier alpha value is -3.26. The van der Waals surface area contributed by atoms with Gasteiger partial charge in [0.25, 0.3) is 11.8 Å². The van der Waals surface area contributed by atoms with Gasteiger partial charge < -0.3 is 15.4 Å². The highest BCUT2D eigenvalue weighted by molar-refractivity contribution is 7.13. The number of hydrogen-bond donors (Lipinski definition) is 2. The topological polar surface area (TPSA) is 93.2 Å². The van der Waals surface area contributed by atoms with E-state index in [0.29, 0.717) is 28.7 Å². The number of amides is 2. The van der Waals surface area contributed by atoms with E-state index >= 15 is 0 Å². The molecule has 8 heteroatoms. The van der Waals surface area contributed by atoms with Crippen LogP contribution >= 0.6 is 11.3 Å². The van der Waals surface area contributed by atoms with E-state index in [1.54, 1.807) is 31.4 Å². The Balaban J connectivity index is 1.38. The number of carbonyl (C=O) groups excluding carboxylic acids is 2. The minimum atomic E-state index is -0.316. The molecule has 4 rings (SSSR count). The van der Waals surface area contributed by atoms with Gasteiger partial charge in [-0.2, -0.15) is 0 Å². The van der Waals surface area contributed by atoms with Crippen molar-refractivity contribution in [1.82, 2.24) is 15.5 Å². The van der Waals surface area contributed by atoms with Gasteiger partial charge in [-0.25, -0.2) is 0 Å². The molecule has 7 nitrogen and oxygen atoms in total. The predicted molar refractivity (Wildman–Crippen MR) is 110 cm³/mol. The molecular formula is C21H20N4O3S. The Bertz CT molecular complexity index is 1050. The number of nitrogens with one attached hydrogen (secondary N) is 2. The van der Waals surface area contributed by atoms with E-state index in [9.17, 15) is 9.59 Å². The van der Waals surface area contributed by atoms with E-state index in [1.165, 1.54) is 11.3 Å². The summed E-state index contributed by atoms with van der Waals surface area (Å²) in [7, 11) is 1.60. The summed E-state index contributed by atoms with van der Waals surface area (Å²) in [6.07, 6.45) is 2.23. The molecule has 1 aromatic heterocycles. The molecule has 1 aliphatic rings. The monoisotopic (exact) mass is 408 g/mol. The highest BCUT2D eigenvalue weighted by Crippen LogP contribution is 2.41. The lowest BCUT2D eigenvalue weighted by Gasteiger charge is -2.08. The molecule has 148 valence electrons. The molecule has 3 aromatic rings. The van der Waals surface area contributed by atoms with Crippen LogP contribution in [0.2, 0.25) is 0 Å². The SMILES string of the molecule is COc1cccc(CNC(=O)c2cccc(NC(=O)c3nnc(C4CC4)s3)c2)c1. The molecule has 0 unspecified atom stereocenters. The van der Waals surface area contributed by atoms with Gasteiger partial charge in [0.2, 0.25) is 5.01 Å². The zero-order chi connectivity index (χ0) is 20.2. The summed E-state index contributed by atoms with van der Waals surface area (Å²) in [5, 5.41) is 15.0. The van der Waals surface area contributed by atoms with Crippen molar-refractivity contribution >= 4 is 28.8 Å². The first-order valence-corrected chi connectivity index (χ1v) is 10.1. The number of benzene rings is 2. The van der Waals surface area contributed by atoms with E-state index in [2.05, 4.69) is 20.8 Å². The van der Waals surface area contributed by atoms with Gasteiger partial charge in [0.05, 0.1) is 7.11 Å². The van der Waals surface area contributed by atoms with Crippen LogP contribution in [-0.2, 0) is 6.54 Å². The quantitative estimate of drug-likeness (QED) is 0.623. The first kappa shape index (κ1) is 19.1. The maximum absolute atomic E-state index is 12.5. The molecule has 0 aliphatic heterocycles. The van der Waals surface area contributed by atoms with Crippen molar-refractivity contribution in [2.45, 2.75) is 25.3 Å². The van der Waals surface area contributed by atoms with Crippen molar-refractivity contribution in [3.05, 3.63) is 69.7 Å². The molecule has 1 fully saturated rings. The van der Waals surface area contributed by atoms with Crippen molar-refractivity contribution in [3.63, 3.8) is 0 Å². The van der Waals surface area contributed by atoms with Crippen molar-refractivity contribution in [1.29, 1.82) is 0 Å². The molecule has 0 spiro atoms. The van der Waals surface area contributed by atoms with Crippen molar-refractivity contribution < 1.29 is 14.3 Å². The number of carbonyl (C=O) groups is 2. The van der Waals surface area contributed by atoms with Gasteiger partial charge in [0.1, 0.15) is 10.8 Å². The van der Waals surface area contributed by atoms with Crippen LogP contribution in [0.4, 0.5) is 5.69 Å². The smallest absolute Gasteiger partial charge is 0.286 e. The third-order valence-electron chi connectivity index (χ3n) is 4.53. The van der Waals surface area contributed by atoms with E-state index < -0.39 is 0 Å². The summed E-state index contributed by atoms with van der Waals surface area (Å²) >= 11 is 1.33. The average Bonchev–Trinajstić information content (AvgIpc) is 3.48. The summed E-state index contributed by atoms with van der Waals surface area (Å²) in [4.78, 5) is 24.9. The first-order valence-electron chi connectivity index (χ1n) is 9.28. The molecule has 1 aliphatic carbocycles. The minimum absolute atomic E-state index is 0.226. The van der Waals surface area contributed by atoms with E-state index in [4.69, 9.17) is 4.74 Å². The first-order chi connectivity index (χ1) is 14.1. The zero-order valence-corrected chi connectivity index (χ0v) is 16.7. The normalized spacial score (nSPS) is 13.0. The van der Waals surface area contributed by atoms with Crippen molar-refractivity contribution in [2.24, 2.45) is 0 Å². The van der Waals surface area contributed by atoms with Crippen LogP contribution < -0.4 is 15.4 Å². The zero-order valence-electron chi connectivity index (χ0n) is 15.8. The second-order valence-corrected chi connectivity index (χ2v) is 7.80. The Morgan fingerprint density at radius 1 is 1.10 bits per heavy atom. The molecule has 2 amide bonds. The number of aromatic nitrogens is 2. The summed E-state index contributed by atoms with van der Waals surface area (Å²) in [5.74, 6) is 0.660. The number of methoxy groups -OCH3 is 1. The molecule has 0 radical (unpaired) electrons. The van der Waals surface area contributed by atoms with Gasteiger partial charge in [0.15, 0.2) is 0 Å². The standard InChI is InChI=1S/C21H20N4O3S/c1-28-17-7-2-4-13(10-17)12-22-18(26)15-5-3-6-16(11-15)23-19(27)21-25-24-20(29-21)14-8-9-14/h2-7,10-11,14H,8-9,12H2,1H3,(H,22,26)(H,23,27). The molecule has 2 N–H and O–H groups in total. The van der Waals surface area contributed by atoms with E-state index in [1.807, 2.05) is 24.3 Å². The predicted octanol–water partition coefficient (Wildman–Crippen LogP) is 3.61. The van der Waals surface area contributed by atoms with Crippen molar-refractivity contribution in [3.8, 4) is 5.75 Å². The van der Waals surface area contributed by atoms with Gasteiger partial charge >= 0.3 is 0 Å². The molecule has 29 heavy (non-hydrogen) atoms. The van der Waals surface area contributed by atoms with Gasteiger partial charge in [-0.15, -0.1) is 10.2 Å². The lowest BCUT2D eigenvalue weighted by atomic mass is 10.1. The van der Waals surface area contributed by atoms with Crippen LogP contribution in [0.5, 0.6) is 5.75 Å². The molecular weight excluding hydrogens is 388 g/mol. The number of anilines is 1. The highest BCUT2D eigenvalue weighted by Gasteiger charge is 2.28. The summed E-state index contributed by atoms with van der Waals surface area (Å²) in [6, 6.07) is 14.3. The maximum atomic E-state index is 12.5. The van der Waals surface area contributed by atoms with E-state index in [0.717, 1.165) is 29.2 Å². The number of hydrogen-bond acceptors (Lipinski definition) is 6. The summed E-state index contributed by atoms with van der Waals surface area (Å²) in [5.41, 5.74) is 1.93. The Morgan fingerprint density at radius 2 is 1.93 bits per heavy atom. The van der Waals surface area contributed by atoms with Crippen LogP contribution in [0.1, 0.15) is 49.5 Å². The lowest BCUT2D eigenvalue weighted by molar-refractivity contribution is 0.0949. The third-order valence-corrected chi connectivity index (χ3v) is 5.62. The van der Waals surface area contributed by atoms with Crippen LogP contribution in [0.25, 0.3) is 0 Å². The van der Waals surface area contributed by atoms with E-state index in [-0.39, 0.29) is 11.8 Å². The molecule has 0 bridgehead atoms. The average molecular weight is 408 g/mol. The van der Waals surface area contributed by atoms with Gasteiger partial charge in [-0.1, -0.05) is 29.5 Å². The second kappa shape index (κ2) is 8.40. The maximum Gasteiger partial charge on any atom is 0.286 e. The molecule has 1 saturated carbocycles. The minimum Gasteiger partial charge on any atom is -0.497 e. The largest absolute Gasteiger partial charge is 0.497 e. The fourth-order valence-corrected chi connectivity index (χ4v) is 3.72. The Morgan fingerprint density at radius 3 is 2.72 bits per heavy atom. The van der Waals surface area contributed by atoms with Gasteiger partial charge in [-0.05, 0) is 48.7 Å². The number of nitrogens with zero attached hydrogens (tertiary/aromatic N) is 2. The van der Waals surface area contributed by atoms with Crippen LogP contribution in [-0.4, -0.2) is 29.1 Å². The van der Waals surface area contributed by atoms with Crippen LogP contribution in [0, 0.1) is 0 Å². The Kier molecular flexibility index (Phi) is 5.53. The molecule has 0 saturated heterocycles. The molecule has 1 heterocycles. The van der Waals surface area contributed by atoms with Crippen LogP contribution in [0.15, 0.2) is 48.5 Å². The fraction of sp³-hybridized carbons (Fsp3) is 0.238. The highest BCUT2D eigenvalue weighted by atomic mass is 32.1. The van der Waals surface area contributed by atoms with Crippen molar-refractivity contribution in [2.75, 3.05) is 12.4 Å². The van der Waals surface area contributed by atoms with Gasteiger partial charge in [0, 0.05) is 23.7 Å². The number of rotatable bonds is 7. The number of ether oxygens (including phenoxy) is 1. The second-order valence-electron chi connectivity index (χ2n) is 6.79. The molecule has 2 aromatic carbocycles. The summed E-state index contributed by atoms with van der Waals surface area (Å²) < 4.78 is 5.19.